The summed E-state index contributed by atoms with van der Waals surface area (Å²) in [6, 6.07) is 3.89. The molecule has 0 aliphatic heterocycles. The lowest BCUT2D eigenvalue weighted by Gasteiger charge is -2.02. The Morgan fingerprint density at radius 1 is 1.54 bits per heavy atom. The van der Waals surface area contributed by atoms with E-state index in [0.717, 1.165) is 12.2 Å². The summed E-state index contributed by atoms with van der Waals surface area (Å²) in [5.41, 5.74) is 2.61. The summed E-state index contributed by atoms with van der Waals surface area (Å²) in [4.78, 5) is 0. The standard InChI is InChI=1S/C11H15FN/c1-4-13-8-9(2)5-6-11(13)10(3)7-12/h5-6,8H,3-4,7H2,1-2H3/q+1. The van der Waals surface area contributed by atoms with E-state index < -0.39 is 6.67 Å². The zero-order valence-corrected chi connectivity index (χ0v) is 8.18. The topological polar surface area (TPSA) is 3.88 Å². The molecule has 0 bridgehead atoms. The number of alkyl halides is 1. The summed E-state index contributed by atoms with van der Waals surface area (Å²) in [5, 5.41) is 0. The molecule has 0 N–H and O–H groups in total. The molecule has 70 valence electrons. The third-order valence-corrected chi connectivity index (χ3v) is 2.04. The van der Waals surface area contributed by atoms with Crippen LogP contribution in [0.4, 0.5) is 4.39 Å². The lowest BCUT2D eigenvalue weighted by molar-refractivity contribution is -0.696. The van der Waals surface area contributed by atoms with Gasteiger partial charge >= 0.3 is 0 Å². The predicted molar refractivity (Wildman–Crippen MR) is 52.1 cm³/mol. The molecule has 0 spiro atoms. The van der Waals surface area contributed by atoms with Crippen molar-refractivity contribution in [3.63, 3.8) is 0 Å². The normalized spacial score (nSPS) is 10.1. The molecule has 0 radical (unpaired) electrons. The van der Waals surface area contributed by atoms with Crippen molar-refractivity contribution in [2.24, 2.45) is 0 Å². The number of aryl methyl sites for hydroxylation is 2. The fourth-order valence-corrected chi connectivity index (χ4v) is 1.32. The lowest BCUT2D eigenvalue weighted by atomic mass is 10.2. The number of hydrogen-bond donors (Lipinski definition) is 0. The number of aromatic nitrogens is 1. The van der Waals surface area contributed by atoms with Gasteiger partial charge in [-0.15, -0.1) is 0 Å². The molecule has 0 saturated carbocycles. The number of halogens is 1. The maximum absolute atomic E-state index is 12.4. The molecular formula is C11H15FN+. The summed E-state index contributed by atoms with van der Waals surface area (Å²) < 4.78 is 14.4. The molecule has 0 aromatic carbocycles. The first-order valence-electron chi connectivity index (χ1n) is 4.43. The van der Waals surface area contributed by atoms with E-state index in [0.29, 0.717) is 5.57 Å². The Hall–Kier alpha value is -1.18. The molecule has 1 rings (SSSR count). The Morgan fingerprint density at radius 2 is 2.23 bits per heavy atom. The SMILES string of the molecule is C=C(CF)c1ccc(C)c[n+]1CC. The molecule has 1 heterocycles. The molecule has 0 atom stereocenters. The summed E-state index contributed by atoms with van der Waals surface area (Å²) in [6.07, 6.45) is 2.01. The minimum Gasteiger partial charge on any atom is -0.246 e. The highest BCUT2D eigenvalue weighted by atomic mass is 19.1. The van der Waals surface area contributed by atoms with Crippen LogP contribution in [-0.2, 0) is 6.54 Å². The van der Waals surface area contributed by atoms with E-state index in [1.54, 1.807) is 0 Å². The van der Waals surface area contributed by atoms with E-state index in [4.69, 9.17) is 0 Å². The quantitative estimate of drug-likeness (QED) is 0.628. The third-order valence-electron chi connectivity index (χ3n) is 2.04. The van der Waals surface area contributed by atoms with Gasteiger partial charge in [0.1, 0.15) is 13.2 Å². The van der Waals surface area contributed by atoms with Gasteiger partial charge < -0.3 is 0 Å². The minimum absolute atomic E-state index is 0.483. The van der Waals surface area contributed by atoms with Gasteiger partial charge in [0, 0.05) is 17.2 Å². The van der Waals surface area contributed by atoms with Crippen LogP contribution >= 0.6 is 0 Å². The van der Waals surface area contributed by atoms with Crippen LogP contribution in [0.25, 0.3) is 5.57 Å². The molecule has 0 aliphatic carbocycles. The molecule has 0 unspecified atom stereocenters. The van der Waals surface area contributed by atoms with Crippen molar-refractivity contribution < 1.29 is 8.96 Å². The van der Waals surface area contributed by atoms with Crippen LogP contribution < -0.4 is 4.57 Å². The second kappa shape index (κ2) is 4.17. The van der Waals surface area contributed by atoms with Crippen LogP contribution in [0, 0.1) is 6.92 Å². The second-order valence-corrected chi connectivity index (χ2v) is 3.11. The smallest absolute Gasteiger partial charge is 0.210 e. The van der Waals surface area contributed by atoms with Gasteiger partial charge in [-0.05, 0) is 19.9 Å². The van der Waals surface area contributed by atoms with Gasteiger partial charge in [-0.3, -0.25) is 0 Å². The summed E-state index contributed by atoms with van der Waals surface area (Å²) >= 11 is 0. The molecule has 0 aliphatic rings. The second-order valence-electron chi connectivity index (χ2n) is 3.11. The molecule has 13 heavy (non-hydrogen) atoms. The summed E-state index contributed by atoms with van der Waals surface area (Å²) in [5.74, 6) is 0. The summed E-state index contributed by atoms with van der Waals surface area (Å²) in [6.45, 7) is 8.10. The Kier molecular flexibility index (Phi) is 3.18. The van der Waals surface area contributed by atoms with Gasteiger partial charge in [0.05, 0.1) is 0 Å². The van der Waals surface area contributed by atoms with Crippen LogP contribution in [-0.4, -0.2) is 6.67 Å². The highest BCUT2D eigenvalue weighted by Crippen LogP contribution is 2.08. The van der Waals surface area contributed by atoms with Crippen LogP contribution in [0.3, 0.4) is 0 Å². The maximum Gasteiger partial charge on any atom is 0.210 e. The van der Waals surface area contributed by atoms with Gasteiger partial charge in [0.25, 0.3) is 0 Å². The van der Waals surface area contributed by atoms with Crippen molar-refractivity contribution in [1.29, 1.82) is 0 Å². The number of nitrogens with zero attached hydrogens (tertiary/aromatic N) is 1. The number of allylic oxidation sites excluding steroid dienone is 1. The van der Waals surface area contributed by atoms with Gasteiger partial charge in [-0.1, -0.05) is 6.58 Å². The first-order chi connectivity index (χ1) is 6.19. The van der Waals surface area contributed by atoms with Gasteiger partial charge in [-0.2, -0.15) is 4.57 Å². The molecular weight excluding hydrogens is 165 g/mol. The van der Waals surface area contributed by atoms with E-state index in [9.17, 15) is 4.39 Å². The molecule has 0 fully saturated rings. The highest BCUT2D eigenvalue weighted by Gasteiger charge is 2.11. The van der Waals surface area contributed by atoms with Crippen molar-refractivity contribution in [3.8, 4) is 0 Å². The highest BCUT2D eigenvalue weighted by molar-refractivity contribution is 5.58. The molecule has 1 aromatic rings. The fraction of sp³-hybridized carbons (Fsp3) is 0.364. The van der Waals surface area contributed by atoms with Crippen LogP contribution in [0.2, 0.25) is 0 Å². The van der Waals surface area contributed by atoms with Crippen molar-refractivity contribution in [2.45, 2.75) is 20.4 Å². The Bertz CT molecular complexity index is 318. The average molecular weight is 180 g/mol. The Balaban J connectivity index is 3.13. The molecule has 2 heteroatoms. The van der Waals surface area contributed by atoms with E-state index in [1.807, 2.05) is 36.7 Å². The van der Waals surface area contributed by atoms with Crippen LogP contribution in [0.1, 0.15) is 18.2 Å². The lowest BCUT2D eigenvalue weighted by Crippen LogP contribution is -2.37. The molecule has 0 saturated heterocycles. The number of hydrogen-bond acceptors (Lipinski definition) is 0. The monoisotopic (exact) mass is 180 g/mol. The van der Waals surface area contributed by atoms with E-state index >= 15 is 0 Å². The molecule has 1 aromatic heterocycles. The van der Waals surface area contributed by atoms with Gasteiger partial charge in [-0.25, -0.2) is 4.39 Å². The Morgan fingerprint density at radius 3 is 2.77 bits per heavy atom. The van der Waals surface area contributed by atoms with E-state index in [2.05, 4.69) is 6.58 Å². The first kappa shape index (κ1) is 9.90. The average Bonchev–Trinajstić information content (AvgIpc) is 2.16. The number of rotatable bonds is 3. The molecule has 0 amide bonds. The van der Waals surface area contributed by atoms with E-state index in [1.165, 1.54) is 5.56 Å². The molecule has 1 nitrogen and oxygen atoms in total. The fourth-order valence-electron chi connectivity index (χ4n) is 1.32. The van der Waals surface area contributed by atoms with Crippen molar-refractivity contribution in [3.05, 3.63) is 36.2 Å². The number of pyridine rings is 1. The van der Waals surface area contributed by atoms with Crippen molar-refractivity contribution >= 4 is 5.57 Å². The minimum atomic E-state index is -0.483. The van der Waals surface area contributed by atoms with Crippen LogP contribution in [0.5, 0.6) is 0 Å². The zero-order valence-electron chi connectivity index (χ0n) is 8.18. The predicted octanol–water partition coefficient (Wildman–Crippen LogP) is 2.29. The first-order valence-corrected chi connectivity index (χ1v) is 4.43. The largest absolute Gasteiger partial charge is 0.246 e. The summed E-state index contributed by atoms with van der Waals surface area (Å²) in [7, 11) is 0. The maximum atomic E-state index is 12.4. The zero-order chi connectivity index (χ0) is 9.84. The van der Waals surface area contributed by atoms with Crippen LogP contribution in [0.15, 0.2) is 24.9 Å². The van der Waals surface area contributed by atoms with Crippen molar-refractivity contribution in [1.82, 2.24) is 0 Å². The van der Waals surface area contributed by atoms with Crippen molar-refractivity contribution in [2.75, 3.05) is 6.67 Å². The van der Waals surface area contributed by atoms with Gasteiger partial charge in [0.15, 0.2) is 6.20 Å². The van der Waals surface area contributed by atoms with Gasteiger partial charge in [0.2, 0.25) is 5.69 Å². The third kappa shape index (κ3) is 2.14. The Labute approximate surface area is 78.5 Å². The van der Waals surface area contributed by atoms with E-state index in [-0.39, 0.29) is 0 Å².